The fourth-order valence-electron chi connectivity index (χ4n) is 4.35. The van der Waals surface area contributed by atoms with Crippen molar-refractivity contribution >= 4 is 39.1 Å². The van der Waals surface area contributed by atoms with Crippen molar-refractivity contribution in [3.05, 3.63) is 91.3 Å². The molecule has 0 bridgehead atoms. The Morgan fingerprint density at radius 1 is 1.16 bits per heavy atom. The molecular weight excluding hydrogens is 547 g/mol. The lowest BCUT2D eigenvalue weighted by atomic mass is 9.89. The standard InChI is InChI=1S/C26H24BrFN4O5/c1-15-20(13-18(28)14-21(15)27)26(34)31-11-9-17(10-12-31)16-3-5-19(6-4-16)29-25(33)24-22(32(35)36)7-8-23(30-24)37-2/h3-8,13-14,17H,9-12H2,1-2H3,(H,29,33). The maximum atomic E-state index is 13.9. The van der Waals surface area contributed by atoms with Crippen molar-refractivity contribution in [1.82, 2.24) is 9.88 Å². The maximum Gasteiger partial charge on any atom is 0.300 e. The van der Waals surface area contributed by atoms with Crippen LogP contribution in [0.25, 0.3) is 0 Å². The molecule has 0 saturated carbocycles. The molecule has 1 aliphatic rings. The summed E-state index contributed by atoms with van der Waals surface area (Å²) >= 11 is 3.30. The van der Waals surface area contributed by atoms with Gasteiger partial charge >= 0.3 is 5.69 Å². The molecule has 1 aromatic heterocycles. The monoisotopic (exact) mass is 570 g/mol. The van der Waals surface area contributed by atoms with Crippen LogP contribution in [0.3, 0.4) is 0 Å². The molecule has 0 spiro atoms. The molecule has 3 aromatic rings. The number of piperidine rings is 1. The van der Waals surface area contributed by atoms with E-state index < -0.39 is 22.3 Å². The van der Waals surface area contributed by atoms with Gasteiger partial charge in [-0.15, -0.1) is 0 Å². The van der Waals surface area contributed by atoms with Crippen LogP contribution < -0.4 is 10.1 Å². The van der Waals surface area contributed by atoms with Gasteiger partial charge in [-0.05, 0) is 61.1 Å². The summed E-state index contributed by atoms with van der Waals surface area (Å²) in [6.45, 7) is 2.87. The number of likely N-dealkylation sites (tertiary alicyclic amines) is 1. The van der Waals surface area contributed by atoms with Crippen LogP contribution in [0, 0.1) is 22.9 Å². The summed E-state index contributed by atoms with van der Waals surface area (Å²) in [6, 6.07) is 12.3. The van der Waals surface area contributed by atoms with Crippen LogP contribution in [0.15, 0.2) is 53.0 Å². The number of benzene rings is 2. The van der Waals surface area contributed by atoms with Gasteiger partial charge in [-0.3, -0.25) is 19.7 Å². The van der Waals surface area contributed by atoms with Crippen molar-refractivity contribution in [3.8, 4) is 5.88 Å². The first-order valence-corrected chi connectivity index (χ1v) is 12.3. The van der Waals surface area contributed by atoms with E-state index in [-0.39, 0.29) is 23.4 Å². The molecule has 37 heavy (non-hydrogen) atoms. The lowest BCUT2D eigenvalue weighted by Crippen LogP contribution is -2.38. The Bertz CT molecular complexity index is 1360. The average molecular weight is 571 g/mol. The van der Waals surface area contributed by atoms with E-state index in [1.165, 1.54) is 31.4 Å². The molecule has 2 heterocycles. The van der Waals surface area contributed by atoms with Gasteiger partial charge in [0.1, 0.15) is 5.82 Å². The van der Waals surface area contributed by atoms with Crippen LogP contribution in [0.4, 0.5) is 15.8 Å². The largest absolute Gasteiger partial charge is 0.481 e. The zero-order valence-corrected chi connectivity index (χ0v) is 21.7. The van der Waals surface area contributed by atoms with Crippen LogP contribution in [0.5, 0.6) is 5.88 Å². The molecule has 1 aliphatic heterocycles. The van der Waals surface area contributed by atoms with Crippen molar-refractivity contribution in [1.29, 1.82) is 0 Å². The number of amides is 2. The van der Waals surface area contributed by atoms with Gasteiger partial charge in [-0.1, -0.05) is 28.1 Å². The van der Waals surface area contributed by atoms with Gasteiger partial charge in [0.15, 0.2) is 0 Å². The molecule has 2 aromatic carbocycles. The van der Waals surface area contributed by atoms with Crippen molar-refractivity contribution in [2.75, 3.05) is 25.5 Å². The second-order valence-corrected chi connectivity index (χ2v) is 9.54. The normalized spacial score (nSPS) is 13.8. The summed E-state index contributed by atoms with van der Waals surface area (Å²) < 4.78 is 19.4. The number of carbonyl (C=O) groups is 2. The molecule has 192 valence electrons. The lowest BCUT2D eigenvalue weighted by Gasteiger charge is -2.32. The maximum absolute atomic E-state index is 13.9. The quantitative estimate of drug-likeness (QED) is 0.310. The Hall–Kier alpha value is -3.86. The summed E-state index contributed by atoms with van der Waals surface area (Å²) in [5.74, 6) is -1.05. The molecular formula is C26H24BrFN4O5. The highest BCUT2D eigenvalue weighted by atomic mass is 79.9. The summed E-state index contributed by atoms with van der Waals surface area (Å²) in [4.78, 5) is 42.0. The number of methoxy groups -OCH3 is 1. The van der Waals surface area contributed by atoms with Crippen molar-refractivity contribution in [3.63, 3.8) is 0 Å². The smallest absolute Gasteiger partial charge is 0.300 e. The third-order valence-corrected chi connectivity index (χ3v) is 7.25. The molecule has 0 atom stereocenters. The van der Waals surface area contributed by atoms with Gasteiger partial charge < -0.3 is 15.0 Å². The molecule has 9 nitrogen and oxygen atoms in total. The SMILES string of the molecule is COc1ccc([N+](=O)[O-])c(C(=O)Nc2ccc(C3CCN(C(=O)c4cc(F)cc(Br)c4C)CC3)cc2)n1. The number of ether oxygens (including phenoxy) is 1. The average Bonchev–Trinajstić information content (AvgIpc) is 2.90. The highest BCUT2D eigenvalue weighted by Crippen LogP contribution is 2.31. The summed E-state index contributed by atoms with van der Waals surface area (Å²) in [7, 11) is 1.36. The lowest BCUT2D eigenvalue weighted by molar-refractivity contribution is -0.385. The summed E-state index contributed by atoms with van der Waals surface area (Å²) in [5, 5.41) is 13.9. The molecule has 2 amide bonds. The molecule has 1 fully saturated rings. The summed E-state index contributed by atoms with van der Waals surface area (Å²) in [5.41, 5.74) is 1.83. The number of nitro groups is 1. The first kappa shape index (κ1) is 26.2. The number of hydrogen-bond donors (Lipinski definition) is 1. The highest BCUT2D eigenvalue weighted by molar-refractivity contribution is 9.10. The number of halogens is 2. The Labute approximate surface area is 220 Å². The van der Waals surface area contributed by atoms with Crippen LogP contribution in [-0.4, -0.2) is 46.8 Å². The van der Waals surface area contributed by atoms with Crippen LogP contribution in [-0.2, 0) is 0 Å². The van der Waals surface area contributed by atoms with E-state index in [4.69, 9.17) is 4.74 Å². The fourth-order valence-corrected chi connectivity index (χ4v) is 4.78. The van der Waals surface area contributed by atoms with E-state index in [9.17, 15) is 24.1 Å². The topological polar surface area (TPSA) is 115 Å². The molecule has 4 rings (SSSR count). The molecule has 1 N–H and O–H groups in total. The van der Waals surface area contributed by atoms with Gasteiger partial charge in [0, 0.05) is 40.9 Å². The number of hydrogen-bond acceptors (Lipinski definition) is 6. The van der Waals surface area contributed by atoms with Crippen LogP contribution in [0.2, 0.25) is 0 Å². The Morgan fingerprint density at radius 3 is 2.46 bits per heavy atom. The van der Waals surface area contributed by atoms with Gasteiger partial charge in [0.2, 0.25) is 11.6 Å². The van der Waals surface area contributed by atoms with E-state index in [1.54, 1.807) is 24.0 Å². The summed E-state index contributed by atoms with van der Waals surface area (Å²) in [6.07, 6.45) is 1.49. The van der Waals surface area contributed by atoms with Gasteiger partial charge in [0.25, 0.3) is 11.8 Å². The zero-order chi connectivity index (χ0) is 26.7. The fraction of sp³-hybridized carbons (Fsp3) is 0.269. The second-order valence-electron chi connectivity index (χ2n) is 8.68. The van der Waals surface area contributed by atoms with Gasteiger partial charge in [-0.25, -0.2) is 9.37 Å². The van der Waals surface area contributed by atoms with E-state index in [1.807, 2.05) is 12.1 Å². The number of nitrogens with one attached hydrogen (secondary N) is 1. The minimum atomic E-state index is -0.718. The van der Waals surface area contributed by atoms with E-state index in [0.717, 1.165) is 18.4 Å². The van der Waals surface area contributed by atoms with Crippen molar-refractivity contribution in [2.45, 2.75) is 25.7 Å². The first-order chi connectivity index (χ1) is 17.7. The number of anilines is 1. The first-order valence-electron chi connectivity index (χ1n) is 11.5. The number of carbonyl (C=O) groups excluding carboxylic acids is 2. The number of aromatic nitrogens is 1. The third-order valence-electron chi connectivity index (χ3n) is 6.43. The van der Waals surface area contributed by atoms with Crippen molar-refractivity contribution < 1.29 is 23.6 Å². The number of rotatable bonds is 6. The van der Waals surface area contributed by atoms with Gasteiger partial charge in [-0.2, -0.15) is 0 Å². The third kappa shape index (κ3) is 5.77. The van der Waals surface area contributed by atoms with Gasteiger partial charge in [0.05, 0.1) is 12.0 Å². The Kier molecular flexibility index (Phi) is 7.82. The molecule has 0 unspecified atom stereocenters. The van der Waals surface area contributed by atoms with Crippen molar-refractivity contribution in [2.24, 2.45) is 0 Å². The van der Waals surface area contributed by atoms with E-state index in [0.29, 0.717) is 34.4 Å². The molecule has 0 aliphatic carbocycles. The minimum Gasteiger partial charge on any atom is -0.481 e. The van der Waals surface area contributed by atoms with E-state index in [2.05, 4.69) is 26.2 Å². The number of pyridine rings is 1. The minimum absolute atomic E-state index is 0.0936. The zero-order valence-electron chi connectivity index (χ0n) is 20.2. The molecule has 11 heteroatoms. The predicted molar refractivity (Wildman–Crippen MR) is 139 cm³/mol. The second kappa shape index (κ2) is 11.0. The highest BCUT2D eigenvalue weighted by Gasteiger charge is 2.27. The Balaban J connectivity index is 1.40. The molecule has 1 saturated heterocycles. The van der Waals surface area contributed by atoms with Crippen LogP contribution in [0.1, 0.15) is 50.7 Å². The van der Waals surface area contributed by atoms with E-state index >= 15 is 0 Å². The number of nitrogens with zero attached hydrogens (tertiary/aromatic N) is 3. The Morgan fingerprint density at radius 2 is 1.84 bits per heavy atom. The predicted octanol–water partition coefficient (Wildman–Crippen LogP) is 5.48. The van der Waals surface area contributed by atoms with Crippen LogP contribution >= 0.6 is 15.9 Å². The molecule has 0 radical (unpaired) electrons.